The summed E-state index contributed by atoms with van der Waals surface area (Å²) in [5, 5.41) is 10.5. The molecule has 1 heterocycles. The van der Waals surface area contributed by atoms with E-state index in [1.54, 1.807) is 23.0 Å². The molecule has 0 aliphatic carbocycles. The fourth-order valence-electron chi connectivity index (χ4n) is 1.84. The van der Waals surface area contributed by atoms with Crippen molar-refractivity contribution in [3.63, 3.8) is 0 Å². The van der Waals surface area contributed by atoms with Gasteiger partial charge in [0, 0.05) is 31.5 Å². The third-order valence-electron chi connectivity index (χ3n) is 2.87. The molecule has 0 spiro atoms. The standard InChI is InChI=1S/C12H13N3O3/c1-12(2)7-11(16)13-14(12)8-9-3-5-10(6-4-9)15(17)18/h3-6,8H,7H2,1-2H3/p+1/b14-8+. The van der Waals surface area contributed by atoms with Crippen molar-refractivity contribution in [2.75, 3.05) is 0 Å². The van der Waals surface area contributed by atoms with Gasteiger partial charge in [-0.05, 0) is 12.1 Å². The molecule has 2 rings (SSSR count). The second-order valence-electron chi connectivity index (χ2n) is 4.87. The lowest BCUT2D eigenvalue weighted by atomic mass is 10.0. The summed E-state index contributed by atoms with van der Waals surface area (Å²) in [6, 6.07) is 6.19. The van der Waals surface area contributed by atoms with E-state index < -0.39 is 4.92 Å². The first-order valence-electron chi connectivity index (χ1n) is 5.57. The molecule has 1 aromatic rings. The van der Waals surface area contributed by atoms with Crippen molar-refractivity contribution in [3.8, 4) is 0 Å². The van der Waals surface area contributed by atoms with Crippen LogP contribution in [0.5, 0.6) is 0 Å². The van der Waals surface area contributed by atoms with E-state index in [2.05, 4.69) is 5.43 Å². The Kier molecular flexibility index (Phi) is 2.86. The van der Waals surface area contributed by atoms with Gasteiger partial charge in [0.2, 0.25) is 6.21 Å². The molecule has 6 heteroatoms. The second-order valence-corrected chi connectivity index (χ2v) is 4.87. The van der Waals surface area contributed by atoms with Crippen LogP contribution in [0.3, 0.4) is 0 Å². The molecule has 0 saturated carbocycles. The fraction of sp³-hybridized carbons (Fsp3) is 0.333. The summed E-state index contributed by atoms with van der Waals surface area (Å²) in [7, 11) is 0. The molecule has 1 fully saturated rings. The van der Waals surface area contributed by atoms with Gasteiger partial charge in [0.25, 0.3) is 11.6 Å². The normalized spacial score (nSPS) is 19.9. The Morgan fingerprint density at radius 1 is 1.39 bits per heavy atom. The molecule has 1 aliphatic heterocycles. The maximum atomic E-state index is 11.3. The van der Waals surface area contributed by atoms with Crippen LogP contribution >= 0.6 is 0 Å². The molecule has 1 aromatic carbocycles. The lowest BCUT2D eigenvalue weighted by Crippen LogP contribution is -2.36. The number of nitrogens with zero attached hydrogens (tertiary/aromatic N) is 2. The quantitative estimate of drug-likeness (QED) is 0.486. The zero-order valence-corrected chi connectivity index (χ0v) is 10.2. The highest BCUT2D eigenvalue weighted by Crippen LogP contribution is 2.18. The van der Waals surface area contributed by atoms with Crippen molar-refractivity contribution in [2.24, 2.45) is 0 Å². The van der Waals surface area contributed by atoms with Crippen LogP contribution in [0, 0.1) is 10.1 Å². The molecule has 0 unspecified atom stereocenters. The van der Waals surface area contributed by atoms with Crippen molar-refractivity contribution in [1.82, 2.24) is 5.43 Å². The molecular formula is C12H14N3O3+. The Bertz CT molecular complexity index is 532. The van der Waals surface area contributed by atoms with Crippen molar-refractivity contribution < 1.29 is 14.4 Å². The molecule has 1 amide bonds. The predicted molar refractivity (Wildman–Crippen MR) is 65.4 cm³/mol. The first kappa shape index (κ1) is 12.2. The van der Waals surface area contributed by atoms with Crippen molar-refractivity contribution in [1.29, 1.82) is 0 Å². The molecule has 18 heavy (non-hydrogen) atoms. The predicted octanol–water partition coefficient (Wildman–Crippen LogP) is 1.24. The summed E-state index contributed by atoms with van der Waals surface area (Å²) in [6.45, 7) is 3.90. The van der Waals surface area contributed by atoms with E-state index in [1.807, 2.05) is 13.8 Å². The third-order valence-corrected chi connectivity index (χ3v) is 2.87. The van der Waals surface area contributed by atoms with E-state index >= 15 is 0 Å². The Hall–Kier alpha value is -2.24. The zero-order valence-electron chi connectivity index (χ0n) is 10.2. The van der Waals surface area contributed by atoms with Crippen LogP contribution in [-0.4, -0.2) is 27.3 Å². The first-order chi connectivity index (χ1) is 8.38. The maximum Gasteiger partial charge on any atom is 0.281 e. The molecule has 1 aliphatic rings. The van der Waals surface area contributed by atoms with Crippen LogP contribution < -0.4 is 5.43 Å². The van der Waals surface area contributed by atoms with Gasteiger partial charge >= 0.3 is 0 Å². The topological polar surface area (TPSA) is 75.2 Å². The van der Waals surface area contributed by atoms with Gasteiger partial charge in [-0.2, -0.15) is 0 Å². The number of amides is 1. The summed E-state index contributed by atoms with van der Waals surface area (Å²) in [6.07, 6.45) is 2.20. The van der Waals surface area contributed by atoms with Crippen LogP contribution in [0.2, 0.25) is 0 Å². The van der Waals surface area contributed by atoms with Crippen LogP contribution in [0.1, 0.15) is 25.8 Å². The van der Waals surface area contributed by atoms with Gasteiger partial charge < -0.3 is 0 Å². The van der Waals surface area contributed by atoms with E-state index in [1.165, 1.54) is 12.1 Å². The molecule has 1 N–H and O–H groups in total. The van der Waals surface area contributed by atoms with Gasteiger partial charge in [0.1, 0.15) is 0 Å². The molecular weight excluding hydrogens is 234 g/mol. The number of hydrogen-bond donors (Lipinski definition) is 1. The number of nitrogens with one attached hydrogen (secondary N) is 1. The number of nitro groups is 1. The molecule has 0 atom stereocenters. The summed E-state index contributed by atoms with van der Waals surface area (Å²) < 4.78 is 1.73. The van der Waals surface area contributed by atoms with Crippen LogP contribution in [0.4, 0.5) is 5.69 Å². The van der Waals surface area contributed by atoms with Gasteiger partial charge in [-0.3, -0.25) is 14.9 Å². The average molecular weight is 248 g/mol. The molecule has 0 bridgehead atoms. The summed E-state index contributed by atoms with van der Waals surface area (Å²) >= 11 is 0. The number of benzene rings is 1. The van der Waals surface area contributed by atoms with E-state index in [4.69, 9.17) is 0 Å². The summed E-state index contributed by atoms with van der Waals surface area (Å²) in [5.41, 5.74) is 3.30. The zero-order chi connectivity index (χ0) is 13.3. The van der Waals surface area contributed by atoms with Gasteiger partial charge in [-0.1, -0.05) is 0 Å². The first-order valence-corrected chi connectivity index (χ1v) is 5.57. The minimum Gasteiger partial charge on any atom is -0.269 e. The minimum atomic E-state index is -0.439. The Labute approximate surface area is 104 Å². The third kappa shape index (κ3) is 2.37. The largest absolute Gasteiger partial charge is 0.281 e. The number of carbonyl (C=O) groups is 1. The molecule has 0 radical (unpaired) electrons. The maximum absolute atomic E-state index is 11.3. The Morgan fingerprint density at radius 2 is 2.00 bits per heavy atom. The van der Waals surface area contributed by atoms with Crippen molar-refractivity contribution in [3.05, 3.63) is 39.9 Å². The van der Waals surface area contributed by atoms with Crippen molar-refractivity contribution >= 4 is 17.8 Å². The number of hydrazone groups is 1. The van der Waals surface area contributed by atoms with Gasteiger partial charge in [0.15, 0.2) is 5.54 Å². The van der Waals surface area contributed by atoms with E-state index in [9.17, 15) is 14.9 Å². The SMILES string of the molecule is CC1(C)CC(=O)N/[N+]1=C/c1ccc([N+](=O)[O-])cc1. The molecule has 6 nitrogen and oxygen atoms in total. The smallest absolute Gasteiger partial charge is 0.269 e. The Balaban J connectivity index is 2.28. The van der Waals surface area contributed by atoms with Gasteiger partial charge in [-0.25, -0.2) is 0 Å². The summed E-state index contributed by atoms with van der Waals surface area (Å²) in [4.78, 5) is 21.4. The number of carbonyl (C=O) groups excluding carboxylic acids is 1. The number of rotatable bonds is 2. The van der Waals surface area contributed by atoms with Crippen LogP contribution in [-0.2, 0) is 4.79 Å². The highest BCUT2D eigenvalue weighted by Gasteiger charge is 2.42. The summed E-state index contributed by atoms with van der Waals surface area (Å²) in [5.74, 6) is -0.0295. The van der Waals surface area contributed by atoms with E-state index in [0.29, 0.717) is 6.42 Å². The molecule has 1 saturated heterocycles. The second kappa shape index (κ2) is 4.21. The molecule has 94 valence electrons. The van der Waals surface area contributed by atoms with E-state index in [-0.39, 0.29) is 17.1 Å². The average Bonchev–Trinajstić information content (AvgIpc) is 2.52. The van der Waals surface area contributed by atoms with Crippen molar-refractivity contribution in [2.45, 2.75) is 25.8 Å². The molecule has 0 aromatic heterocycles. The number of hydrogen-bond acceptors (Lipinski definition) is 3. The number of hydrazine groups is 1. The van der Waals surface area contributed by atoms with Crippen LogP contribution in [0.25, 0.3) is 0 Å². The number of nitro benzene ring substituents is 1. The lowest BCUT2D eigenvalue weighted by Gasteiger charge is -2.09. The monoisotopic (exact) mass is 248 g/mol. The Morgan fingerprint density at radius 3 is 2.44 bits per heavy atom. The van der Waals surface area contributed by atoms with Gasteiger partial charge in [0.05, 0.1) is 11.3 Å². The van der Waals surface area contributed by atoms with Crippen LogP contribution in [0.15, 0.2) is 24.3 Å². The van der Waals surface area contributed by atoms with Gasteiger partial charge in [-0.15, -0.1) is 10.1 Å². The highest BCUT2D eigenvalue weighted by atomic mass is 16.6. The fourth-order valence-corrected chi connectivity index (χ4v) is 1.84. The van der Waals surface area contributed by atoms with E-state index in [0.717, 1.165) is 5.56 Å². The number of non-ortho nitro benzene ring substituents is 1. The minimum absolute atomic E-state index is 0.0295. The highest BCUT2D eigenvalue weighted by molar-refractivity contribution is 5.81. The lowest BCUT2D eigenvalue weighted by molar-refractivity contribution is -0.620.